The van der Waals surface area contributed by atoms with E-state index < -0.39 is 11.2 Å². The van der Waals surface area contributed by atoms with E-state index in [4.69, 9.17) is 5.73 Å². The lowest BCUT2D eigenvalue weighted by Crippen LogP contribution is -2.42. The van der Waals surface area contributed by atoms with Gasteiger partial charge >= 0.3 is 5.69 Å². The number of hydrogen-bond acceptors (Lipinski definition) is 4. The van der Waals surface area contributed by atoms with Gasteiger partial charge in [0.15, 0.2) is 5.69 Å². The van der Waals surface area contributed by atoms with Crippen LogP contribution >= 0.6 is 0 Å². The van der Waals surface area contributed by atoms with Crippen molar-refractivity contribution in [3.05, 3.63) is 56.7 Å². The van der Waals surface area contributed by atoms with Crippen LogP contribution in [0.15, 0.2) is 39.9 Å². The summed E-state index contributed by atoms with van der Waals surface area (Å²) in [5.74, 6) is 1.75. The van der Waals surface area contributed by atoms with Gasteiger partial charge in [-0.3, -0.25) is 19.1 Å². The topological polar surface area (TPSA) is 101 Å². The van der Waals surface area contributed by atoms with Crippen molar-refractivity contribution in [3.8, 4) is 0 Å². The standard InChI is InChI=1S/C23H30N4O3/c1-2-10-26(19(28)13-18-12-16-8-9-17(18)11-16)20-21(24)27(23(30)25-22(20)29)14-15-6-4-3-5-7-15/h3-7,16-18H,2,8-14,24H2,1H3,(H,25,29,30)/t16-,17+,18+/m0/s1. The molecular formula is C23H30N4O3. The van der Waals surface area contributed by atoms with Crippen molar-refractivity contribution in [2.75, 3.05) is 17.2 Å². The van der Waals surface area contributed by atoms with E-state index >= 15 is 0 Å². The van der Waals surface area contributed by atoms with Crippen molar-refractivity contribution in [1.82, 2.24) is 9.55 Å². The van der Waals surface area contributed by atoms with Gasteiger partial charge in [-0.25, -0.2) is 4.79 Å². The molecule has 3 N–H and O–H groups in total. The minimum absolute atomic E-state index is 0.0438. The predicted octanol–water partition coefficient (Wildman–Crippen LogP) is 2.74. The smallest absolute Gasteiger partial charge is 0.330 e. The van der Waals surface area contributed by atoms with E-state index in [1.807, 2.05) is 37.3 Å². The number of nitrogens with zero attached hydrogens (tertiary/aromatic N) is 2. The van der Waals surface area contributed by atoms with Gasteiger partial charge in [-0.05, 0) is 49.0 Å². The molecule has 2 bridgehead atoms. The largest absolute Gasteiger partial charge is 0.383 e. The molecule has 0 aliphatic heterocycles. The first-order chi connectivity index (χ1) is 14.5. The van der Waals surface area contributed by atoms with E-state index in [1.54, 1.807) is 0 Å². The molecule has 1 aromatic heterocycles. The van der Waals surface area contributed by atoms with Crippen LogP contribution in [-0.2, 0) is 11.3 Å². The Morgan fingerprint density at radius 3 is 2.60 bits per heavy atom. The van der Waals surface area contributed by atoms with Crippen LogP contribution in [0.25, 0.3) is 0 Å². The molecule has 1 amide bonds. The van der Waals surface area contributed by atoms with Crippen molar-refractivity contribution in [3.63, 3.8) is 0 Å². The van der Waals surface area contributed by atoms with Crippen molar-refractivity contribution >= 4 is 17.4 Å². The Bertz CT molecular complexity index is 1030. The van der Waals surface area contributed by atoms with Crippen molar-refractivity contribution in [1.29, 1.82) is 0 Å². The molecular weight excluding hydrogens is 380 g/mol. The van der Waals surface area contributed by atoms with E-state index in [2.05, 4.69) is 4.98 Å². The van der Waals surface area contributed by atoms with Crippen LogP contribution in [0.3, 0.4) is 0 Å². The van der Waals surface area contributed by atoms with Gasteiger partial charge < -0.3 is 10.6 Å². The quantitative estimate of drug-likeness (QED) is 0.733. The number of aromatic nitrogens is 2. The third-order valence-corrected chi connectivity index (χ3v) is 6.74. The van der Waals surface area contributed by atoms with Crippen molar-refractivity contribution in [2.24, 2.45) is 17.8 Å². The molecule has 3 atom stereocenters. The highest BCUT2D eigenvalue weighted by Crippen LogP contribution is 2.49. The minimum Gasteiger partial charge on any atom is -0.383 e. The summed E-state index contributed by atoms with van der Waals surface area (Å²) in [4.78, 5) is 42.3. The number of amides is 1. The van der Waals surface area contributed by atoms with Crippen LogP contribution in [0, 0.1) is 17.8 Å². The lowest BCUT2D eigenvalue weighted by molar-refractivity contribution is -0.119. The van der Waals surface area contributed by atoms with Gasteiger partial charge in [-0.15, -0.1) is 0 Å². The van der Waals surface area contributed by atoms with Crippen LogP contribution in [0.4, 0.5) is 11.5 Å². The number of benzene rings is 1. The maximum Gasteiger partial charge on any atom is 0.330 e. The number of hydrogen-bond donors (Lipinski definition) is 2. The summed E-state index contributed by atoms with van der Waals surface area (Å²) in [6, 6.07) is 9.43. The summed E-state index contributed by atoms with van der Waals surface area (Å²) in [6.45, 7) is 2.59. The Morgan fingerprint density at radius 2 is 1.97 bits per heavy atom. The van der Waals surface area contributed by atoms with Crippen LogP contribution in [0.1, 0.15) is 51.0 Å². The third kappa shape index (κ3) is 3.93. The lowest BCUT2D eigenvalue weighted by Gasteiger charge is -2.27. The number of fused-ring (bicyclic) bond motifs is 2. The first kappa shape index (κ1) is 20.4. The summed E-state index contributed by atoms with van der Waals surface area (Å²) < 4.78 is 1.33. The Hall–Kier alpha value is -2.83. The Balaban J connectivity index is 1.65. The first-order valence-electron chi connectivity index (χ1n) is 10.9. The zero-order chi connectivity index (χ0) is 21.3. The summed E-state index contributed by atoms with van der Waals surface area (Å²) in [5.41, 5.74) is 6.14. The van der Waals surface area contributed by atoms with Crippen molar-refractivity contribution in [2.45, 2.75) is 52.0 Å². The molecule has 160 valence electrons. The summed E-state index contributed by atoms with van der Waals surface area (Å²) in [6.07, 6.45) is 5.97. The SMILES string of the molecule is CCCN(C(=O)C[C@H]1C[C@H]2CC[C@@H]1C2)c1c(N)n(Cc2ccccc2)c(=O)[nH]c1=O. The highest BCUT2D eigenvalue weighted by atomic mass is 16.2. The number of aromatic amines is 1. The third-order valence-electron chi connectivity index (χ3n) is 6.74. The first-order valence-corrected chi connectivity index (χ1v) is 10.9. The van der Waals surface area contributed by atoms with Gasteiger partial charge in [0.05, 0.1) is 6.54 Å². The lowest BCUT2D eigenvalue weighted by atomic mass is 9.86. The molecule has 30 heavy (non-hydrogen) atoms. The molecule has 0 saturated heterocycles. The Labute approximate surface area is 175 Å². The van der Waals surface area contributed by atoms with E-state index in [0.717, 1.165) is 17.9 Å². The van der Waals surface area contributed by atoms with Gasteiger partial charge in [0.1, 0.15) is 5.82 Å². The molecule has 0 radical (unpaired) electrons. The zero-order valence-corrected chi connectivity index (χ0v) is 17.5. The van der Waals surface area contributed by atoms with E-state index in [1.165, 1.54) is 28.7 Å². The molecule has 2 aliphatic rings. The van der Waals surface area contributed by atoms with Gasteiger partial charge in [0.25, 0.3) is 5.56 Å². The average Bonchev–Trinajstić information content (AvgIpc) is 3.34. The molecule has 2 saturated carbocycles. The molecule has 4 rings (SSSR count). The number of anilines is 2. The summed E-state index contributed by atoms with van der Waals surface area (Å²) in [7, 11) is 0. The van der Waals surface area contributed by atoms with Gasteiger partial charge in [0, 0.05) is 13.0 Å². The average molecular weight is 411 g/mol. The molecule has 1 heterocycles. The second kappa shape index (κ2) is 8.50. The number of H-pyrrole nitrogens is 1. The monoisotopic (exact) mass is 410 g/mol. The van der Waals surface area contributed by atoms with Gasteiger partial charge in [-0.1, -0.05) is 43.7 Å². The second-order valence-corrected chi connectivity index (χ2v) is 8.75. The molecule has 7 heteroatoms. The Morgan fingerprint density at radius 1 is 1.20 bits per heavy atom. The van der Waals surface area contributed by atoms with Gasteiger partial charge in [-0.2, -0.15) is 0 Å². The van der Waals surface area contributed by atoms with E-state index in [9.17, 15) is 14.4 Å². The number of carbonyl (C=O) groups excluding carboxylic acids is 1. The highest BCUT2D eigenvalue weighted by Gasteiger charge is 2.41. The van der Waals surface area contributed by atoms with Crippen LogP contribution in [0.5, 0.6) is 0 Å². The molecule has 2 fully saturated rings. The Kier molecular flexibility index (Phi) is 5.79. The molecule has 2 aromatic rings. The van der Waals surface area contributed by atoms with Gasteiger partial charge in [0.2, 0.25) is 5.91 Å². The second-order valence-electron chi connectivity index (χ2n) is 8.75. The zero-order valence-electron chi connectivity index (χ0n) is 17.5. The highest BCUT2D eigenvalue weighted by molar-refractivity contribution is 5.95. The normalized spacial score (nSPS) is 22.4. The van der Waals surface area contributed by atoms with Crippen molar-refractivity contribution < 1.29 is 4.79 Å². The summed E-state index contributed by atoms with van der Waals surface area (Å²) in [5, 5.41) is 0. The fourth-order valence-corrected chi connectivity index (χ4v) is 5.31. The fraction of sp³-hybridized carbons (Fsp3) is 0.522. The maximum atomic E-state index is 13.3. The molecule has 7 nitrogen and oxygen atoms in total. The number of nitrogen functional groups attached to an aromatic ring is 1. The molecule has 0 spiro atoms. The molecule has 0 unspecified atom stereocenters. The fourth-order valence-electron chi connectivity index (χ4n) is 5.31. The maximum absolute atomic E-state index is 13.3. The number of carbonyl (C=O) groups is 1. The van der Waals surface area contributed by atoms with Crippen LogP contribution in [0.2, 0.25) is 0 Å². The molecule has 1 aromatic carbocycles. The van der Waals surface area contributed by atoms with Crippen LogP contribution < -0.4 is 21.9 Å². The number of rotatable bonds is 7. The number of nitrogens with two attached hydrogens (primary N) is 1. The molecule has 2 aliphatic carbocycles. The van der Waals surface area contributed by atoms with E-state index in [-0.39, 0.29) is 24.0 Å². The minimum atomic E-state index is -0.600. The van der Waals surface area contributed by atoms with E-state index in [0.29, 0.717) is 31.2 Å². The predicted molar refractivity (Wildman–Crippen MR) is 117 cm³/mol. The number of nitrogens with one attached hydrogen (secondary N) is 1. The summed E-state index contributed by atoms with van der Waals surface area (Å²) >= 11 is 0. The van der Waals surface area contributed by atoms with Crippen LogP contribution in [-0.4, -0.2) is 22.0 Å².